The highest BCUT2D eigenvalue weighted by molar-refractivity contribution is 9.09. The molecule has 0 spiro atoms. The number of carbonyl (C=O) groups is 4. The van der Waals surface area contributed by atoms with E-state index in [-0.39, 0.29) is 52.8 Å². The van der Waals surface area contributed by atoms with Gasteiger partial charge in [-0.1, -0.05) is 28.1 Å². The quantitative estimate of drug-likeness (QED) is 0.322. The Hall–Kier alpha value is -1.80. The molecular formula is C24H28BrNO6. The predicted octanol–water partition coefficient (Wildman–Crippen LogP) is 2.08. The molecule has 3 fully saturated rings. The van der Waals surface area contributed by atoms with Crippen LogP contribution in [0.5, 0.6) is 0 Å². The SMILES string of the molecule is CCOC(=O)[C@@]12C=CC(=O)C3([C@@H]4C[C@H]5C(=O)C=CC4[C@H]5OC)C([C@H](Br)C[C@@H]31)N(CC)C2=O. The fourth-order valence-electron chi connectivity index (χ4n) is 7.74. The number of ether oxygens (including phenoxy) is 2. The molecule has 1 aliphatic heterocycles. The molecule has 1 heterocycles. The van der Waals surface area contributed by atoms with Crippen LogP contribution in [0.15, 0.2) is 24.3 Å². The van der Waals surface area contributed by atoms with Crippen LogP contribution in [-0.2, 0) is 28.7 Å². The van der Waals surface area contributed by atoms with Crippen molar-refractivity contribution < 1.29 is 28.7 Å². The fourth-order valence-corrected chi connectivity index (χ4v) is 8.83. The van der Waals surface area contributed by atoms with Crippen molar-refractivity contribution in [1.82, 2.24) is 4.90 Å². The zero-order valence-corrected chi connectivity index (χ0v) is 20.0. The maximum Gasteiger partial charge on any atom is 0.325 e. The van der Waals surface area contributed by atoms with Gasteiger partial charge in [-0.25, -0.2) is 0 Å². The van der Waals surface area contributed by atoms with Crippen LogP contribution in [-0.4, -0.2) is 65.6 Å². The Balaban J connectivity index is 1.75. The summed E-state index contributed by atoms with van der Waals surface area (Å²) in [7, 11) is 1.60. The Kier molecular flexibility index (Phi) is 5.06. The number of methoxy groups -OCH3 is 1. The van der Waals surface area contributed by atoms with Crippen molar-refractivity contribution in [3.8, 4) is 0 Å². The first-order valence-electron chi connectivity index (χ1n) is 11.4. The first-order valence-corrected chi connectivity index (χ1v) is 12.3. The lowest BCUT2D eigenvalue weighted by atomic mass is 9.48. The molecule has 3 unspecified atom stereocenters. The lowest BCUT2D eigenvalue weighted by molar-refractivity contribution is -0.186. The first kappa shape index (κ1) is 22.0. The largest absolute Gasteiger partial charge is 0.465 e. The van der Waals surface area contributed by atoms with Crippen molar-refractivity contribution in [3.05, 3.63) is 24.3 Å². The highest BCUT2D eigenvalue weighted by atomic mass is 79.9. The molecule has 32 heavy (non-hydrogen) atoms. The number of hydrogen-bond donors (Lipinski definition) is 0. The summed E-state index contributed by atoms with van der Waals surface area (Å²) in [6.45, 7) is 4.13. The van der Waals surface area contributed by atoms with Gasteiger partial charge in [0.05, 0.1) is 24.2 Å². The molecule has 0 aromatic rings. The number of alkyl halides is 1. The molecule has 0 N–H and O–H groups in total. The van der Waals surface area contributed by atoms with Gasteiger partial charge in [0, 0.05) is 36.2 Å². The van der Waals surface area contributed by atoms with E-state index < -0.39 is 28.8 Å². The number of amides is 1. The van der Waals surface area contributed by atoms with Crippen LogP contribution in [0.25, 0.3) is 0 Å². The van der Waals surface area contributed by atoms with Gasteiger partial charge in [0.1, 0.15) is 0 Å². The highest BCUT2D eigenvalue weighted by Crippen LogP contribution is 2.69. The smallest absolute Gasteiger partial charge is 0.325 e. The molecule has 8 heteroatoms. The summed E-state index contributed by atoms with van der Waals surface area (Å²) in [4.78, 5) is 55.4. The minimum absolute atomic E-state index is 0.0180. The van der Waals surface area contributed by atoms with E-state index in [0.717, 1.165) is 0 Å². The molecule has 172 valence electrons. The van der Waals surface area contributed by atoms with Crippen molar-refractivity contribution in [2.45, 2.75) is 43.7 Å². The van der Waals surface area contributed by atoms with Gasteiger partial charge in [-0.15, -0.1) is 0 Å². The van der Waals surface area contributed by atoms with Crippen molar-refractivity contribution in [2.24, 2.45) is 34.5 Å². The minimum atomic E-state index is -1.52. The lowest BCUT2D eigenvalue weighted by Gasteiger charge is -2.58. The predicted molar refractivity (Wildman–Crippen MR) is 118 cm³/mol. The van der Waals surface area contributed by atoms with Gasteiger partial charge in [0.25, 0.3) is 0 Å². The van der Waals surface area contributed by atoms with Gasteiger partial charge in [-0.3, -0.25) is 19.2 Å². The van der Waals surface area contributed by atoms with Crippen molar-refractivity contribution in [3.63, 3.8) is 0 Å². The number of nitrogens with zero attached hydrogens (tertiary/aromatic N) is 1. The summed E-state index contributed by atoms with van der Waals surface area (Å²) < 4.78 is 11.2. The maximum absolute atomic E-state index is 13.9. The van der Waals surface area contributed by atoms with E-state index in [1.165, 1.54) is 12.2 Å². The van der Waals surface area contributed by atoms with E-state index in [0.29, 0.717) is 19.4 Å². The third-order valence-electron chi connectivity index (χ3n) is 8.73. The van der Waals surface area contributed by atoms with Crippen molar-refractivity contribution >= 4 is 39.4 Å². The molecule has 0 radical (unpaired) electrons. The van der Waals surface area contributed by atoms with Gasteiger partial charge in [-0.05, 0) is 44.8 Å². The summed E-state index contributed by atoms with van der Waals surface area (Å²) in [6, 6.07) is -0.393. The second-order valence-electron chi connectivity index (χ2n) is 9.55. The number of halogens is 1. The van der Waals surface area contributed by atoms with E-state index in [2.05, 4.69) is 15.9 Å². The van der Waals surface area contributed by atoms with E-state index in [4.69, 9.17) is 9.47 Å². The number of allylic oxidation sites excluding steroid dienone is 2. The Morgan fingerprint density at radius 3 is 2.59 bits per heavy atom. The Morgan fingerprint density at radius 1 is 1.22 bits per heavy atom. The first-order chi connectivity index (χ1) is 15.3. The third kappa shape index (κ3) is 2.35. The van der Waals surface area contributed by atoms with Crippen molar-refractivity contribution in [1.29, 1.82) is 0 Å². The normalized spacial score (nSPS) is 46.2. The van der Waals surface area contributed by atoms with E-state index in [9.17, 15) is 19.2 Å². The third-order valence-corrected chi connectivity index (χ3v) is 9.60. The molecule has 9 atom stereocenters. The van der Waals surface area contributed by atoms with Crippen LogP contribution in [0.1, 0.15) is 26.7 Å². The van der Waals surface area contributed by atoms with Crippen LogP contribution in [0.3, 0.4) is 0 Å². The number of fused-ring (bicyclic) bond motifs is 2. The Labute approximate surface area is 195 Å². The van der Waals surface area contributed by atoms with E-state index in [1.807, 2.05) is 13.0 Å². The molecule has 4 aliphatic carbocycles. The van der Waals surface area contributed by atoms with Gasteiger partial charge in [0.2, 0.25) is 5.91 Å². The molecular weight excluding hydrogens is 478 g/mol. The Morgan fingerprint density at radius 2 is 1.97 bits per heavy atom. The van der Waals surface area contributed by atoms with Crippen LogP contribution >= 0.6 is 15.9 Å². The molecule has 5 aliphatic rings. The van der Waals surface area contributed by atoms with Crippen LogP contribution in [0.2, 0.25) is 0 Å². The van der Waals surface area contributed by atoms with Gasteiger partial charge in [0.15, 0.2) is 17.0 Å². The zero-order chi connectivity index (χ0) is 23.0. The summed E-state index contributed by atoms with van der Waals surface area (Å²) in [5.74, 6) is -2.10. The van der Waals surface area contributed by atoms with Crippen LogP contribution < -0.4 is 0 Å². The number of piperidine rings is 1. The molecule has 6 bridgehead atoms. The van der Waals surface area contributed by atoms with Gasteiger partial charge >= 0.3 is 5.97 Å². The Bertz CT molecular complexity index is 960. The highest BCUT2D eigenvalue weighted by Gasteiger charge is 2.79. The monoisotopic (exact) mass is 505 g/mol. The fraction of sp³-hybridized carbons (Fsp3) is 0.667. The van der Waals surface area contributed by atoms with Gasteiger partial charge < -0.3 is 14.4 Å². The van der Waals surface area contributed by atoms with E-state index in [1.54, 1.807) is 25.0 Å². The zero-order valence-electron chi connectivity index (χ0n) is 18.5. The lowest BCUT2D eigenvalue weighted by Crippen LogP contribution is -2.72. The second kappa shape index (κ2) is 7.35. The topological polar surface area (TPSA) is 90.0 Å². The van der Waals surface area contributed by atoms with Crippen molar-refractivity contribution in [2.75, 3.05) is 20.3 Å². The molecule has 1 saturated heterocycles. The average Bonchev–Trinajstić information content (AvgIpc) is 3.20. The van der Waals surface area contributed by atoms with Crippen LogP contribution in [0.4, 0.5) is 0 Å². The summed E-state index contributed by atoms with van der Waals surface area (Å²) in [5, 5.41) is 0. The average molecular weight is 506 g/mol. The summed E-state index contributed by atoms with van der Waals surface area (Å²) >= 11 is 3.79. The second-order valence-corrected chi connectivity index (χ2v) is 10.7. The summed E-state index contributed by atoms with van der Waals surface area (Å²) in [6.07, 6.45) is 7.14. The number of carbonyl (C=O) groups excluding carboxylic acids is 4. The molecule has 1 amide bonds. The standard InChI is InChI=1S/C24H28BrNO6/c1-4-26-20-15(25)11-17-23(21(26)29,22(30)32-5-2)9-8-18(28)24(17,20)14-10-13-16(27)7-6-12(14)19(13)31-3/h6-9,12-15,17,19-20H,4-5,10-11H2,1-3H3/t12?,13-,14+,15+,17+,19+,20?,23-,24?/m0/s1. The minimum Gasteiger partial charge on any atom is -0.465 e. The molecule has 2 saturated carbocycles. The molecule has 0 aromatic heterocycles. The number of ketones is 2. The summed E-state index contributed by atoms with van der Waals surface area (Å²) in [5.41, 5.74) is -2.50. The molecule has 5 rings (SSSR count). The van der Waals surface area contributed by atoms with Gasteiger partial charge in [-0.2, -0.15) is 0 Å². The molecule has 0 aromatic carbocycles. The number of likely N-dealkylation sites (tertiary alicyclic amines) is 1. The number of esters is 1. The molecule has 7 nitrogen and oxygen atoms in total. The number of rotatable bonds is 5. The maximum atomic E-state index is 13.9. The van der Waals surface area contributed by atoms with Crippen LogP contribution in [0, 0.1) is 34.5 Å². The van der Waals surface area contributed by atoms with E-state index >= 15 is 0 Å². The number of hydrogen-bond acceptors (Lipinski definition) is 6.